The molecule has 0 bridgehead atoms. The zero-order valence-electron chi connectivity index (χ0n) is 12.5. The van der Waals surface area contributed by atoms with E-state index in [0.29, 0.717) is 6.54 Å². The lowest BCUT2D eigenvalue weighted by Crippen LogP contribution is -2.45. The van der Waals surface area contributed by atoms with Crippen molar-refractivity contribution in [2.24, 2.45) is 0 Å². The number of nitrogens with zero attached hydrogens (tertiary/aromatic N) is 5. The highest BCUT2D eigenvalue weighted by Gasteiger charge is 2.23. The summed E-state index contributed by atoms with van der Waals surface area (Å²) in [4.78, 5) is 2.35. The van der Waals surface area contributed by atoms with Crippen LogP contribution in [0.5, 0.6) is 0 Å². The standard InChI is InChI=1S/C15H21N5O/c1-12-8-19(9-13(2)21-12)11-15-16-17-18-20(15)10-14-6-4-3-5-7-14/h3-7,12-13H,8-11H2,1-2H3/t12-,13+. The van der Waals surface area contributed by atoms with Crippen LogP contribution in [0.25, 0.3) is 0 Å². The number of rotatable bonds is 4. The molecule has 0 saturated carbocycles. The van der Waals surface area contributed by atoms with Crippen molar-refractivity contribution in [1.82, 2.24) is 25.1 Å². The largest absolute Gasteiger partial charge is 0.373 e. The average Bonchev–Trinajstić information content (AvgIpc) is 2.86. The Morgan fingerprint density at radius 1 is 1.10 bits per heavy atom. The number of tetrazole rings is 1. The fourth-order valence-corrected chi connectivity index (χ4v) is 2.83. The summed E-state index contributed by atoms with van der Waals surface area (Å²) in [6.07, 6.45) is 0.513. The van der Waals surface area contributed by atoms with E-state index in [1.165, 1.54) is 5.56 Å². The number of hydrogen-bond acceptors (Lipinski definition) is 5. The lowest BCUT2D eigenvalue weighted by Gasteiger charge is -2.34. The fraction of sp³-hybridized carbons (Fsp3) is 0.533. The highest BCUT2D eigenvalue weighted by Crippen LogP contribution is 2.13. The Morgan fingerprint density at radius 2 is 1.81 bits per heavy atom. The molecule has 2 atom stereocenters. The van der Waals surface area contributed by atoms with Crippen molar-refractivity contribution in [1.29, 1.82) is 0 Å². The van der Waals surface area contributed by atoms with E-state index in [4.69, 9.17) is 4.74 Å². The second kappa shape index (κ2) is 6.32. The Morgan fingerprint density at radius 3 is 2.52 bits per heavy atom. The first-order valence-electron chi connectivity index (χ1n) is 7.37. The van der Waals surface area contributed by atoms with E-state index >= 15 is 0 Å². The number of aromatic nitrogens is 4. The van der Waals surface area contributed by atoms with E-state index in [-0.39, 0.29) is 12.2 Å². The predicted molar refractivity (Wildman–Crippen MR) is 78.6 cm³/mol. The van der Waals surface area contributed by atoms with Gasteiger partial charge in [0.2, 0.25) is 0 Å². The normalized spacial score (nSPS) is 23.3. The quantitative estimate of drug-likeness (QED) is 0.849. The number of ether oxygens (including phenoxy) is 1. The Balaban J connectivity index is 1.68. The Kier molecular flexibility index (Phi) is 4.26. The van der Waals surface area contributed by atoms with Crippen molar-refractivity contribution >= 4 is 0 Å². The minimum Gasteiger partial charge on any atom is -0.373 e. The van der Waals surface area contributed by atoms with Crippen LogP contribution in [0.15, 0.2) is 30.3 Å². The van der Waals surface area contributed by atoms with Crippen molar-refractivity contribution in [3.8, 4) is 0 Å². The molecule has 0 N–H and O–H groups in total. The lowest BCUT2D eigenvalue weighted by molar-refractivity contribution is -0.0713. The van der Waals surface area contributed by atoms with Gasteiger partial charge in [0.25, 0.3) is 0 Å². The van der Waals surface area contributed by atoms with Gasteiger partial charge in [0.15, 0.2) is 5.82 Å². The summed E-state index contributed by atoms with van der Waals surface area (Å²) in [5.74, 6) is 0.903. The lowest BCUT2D eigenvalue weighted by atomic mass is 10.2. The Bertz CT molecular complexity index is 560. The van der Waals surface area contributed by atoms with Crippen LogP contribution in [0.2, 0.25) is 0 Å². The molecule has 2 aromatic rings. The second-order valence-electron chi connectivity index (χ2n) is 5.69. The summed E-state index contributed by atoms with van der Waals surface area (Å²) >= 11 is 0. The van der Waals surface area contributed by atoms with Crippen LogP contribution in [0.1, 0.15) is 25.2 Å². The monoisotopic (exact) mass is 287 g/mol. The molecule has 21 heavy (non-hydrogen) atoms. The molecule has 1 saturated heterocycles. The summed E-state index contributed by atoms with van der Waals surface area (Å²) in [6.45, 7) is 7.52. The maximum atomic E-state index is 5.76. The van der Waals surface area contributed by atoms with Gasteiger partial charge in [-0.05, 0) is 29.8 Å². The third-order valence-electron chi connectivity index (χ3n) is 3.64. The Labute approximate surface area is 124 Å². The summed E-state index contributed by atoms with van der Waals surface area (Å²) in [6, 6.07) is 10.3. The van der Waals surface area contributed by atoms with Crippen LogP contribution in [-0.4, -0.2) is 50.4 Å². The molecule has 6 heteroatoms. The van der Waals surface area contributed by atoms with Crippen molar-refractivity contribution in [2.45, 2.75) is 39.1 Å². The van der Waals surface area contributed by atoms with Crippen LogP contribution in [-0.2, 0) is 17.8 Å². The molecule has 112 valence electrons. The summed E-state index contributed by atoms with van der Waals surface area (Å²) in [7, 11) is 0. The fourth-order valence-electron chi connectivity index (χ4n) is 2.83. The van der Waals surface area contributed by atoms with Crippen LogP contribution in [0.4, 0.5) is 0 Å². The minimum atomic E-state index is 0.257. The molecule has 0 amide bonds. The van der Waals surface area contributed by atoms with Crippen LogP contribution < -0.4 is 0 Å². The van der Waals surface area contributed by atoms with Gasteiger partial charge in [-0.2, -0.15) is 0 Å². The molecule has 1 aliphatic heterocycles. The molecule has 0 aliphatic carbocycles. The third-order valence-corrected chi connectivity index (χ3v) is 3.64. The zero-order chi connectivity index (χ0) is 14.7. The number of hydrogen-bond donors (Lipinski definition) is 0. The summed E-state index contributed by atoms with van der Waals surface area (Å²) in [5, 5.41) is 12.1. The van der Waals surface area contributed by atoms with E-state index in [1.807, 2.05) is 22.9 Å². The SMILES string of the molecule is C[C@@H]1CN(Cc2nnnn2Cc2ccccc2)C[C@H](C)O1. The van der Waals surface area contributed by atoms with Crippen molar-refractivity contribution in [2.75, 3.05) is 13.1 Å². The predicted octanol–water partition coefficient (Wildman–Crippen LogP) is 1.33. The summed E-state index contributed by atoms with van der Waals surface area (Å²) < 4.78 is 7.64. The zero-order valence-corrected chi connectivity index (χ0v) is 12.5. The van der Waals surface area contributed by atoms with E-state index in [1.54, 1.807) is 0 Å². The van der Waals surface area contributed by atoms with Gasteiger partial charge in [-0.25, -0.2) is 4.68 Å². The van der Waals surface area contributed by atoms with E-state index in [2.05, 4.69) is 46.4 Å². The average molecular weight is 287 g/mol. The molecular formula is C15H21N5O. The Hall–Kier alpha value is -1.79. The molecule has 6 nitrogen and oxygen atoms in total. The van der Waals surface area contributed by atoms with Gasteiger partial charge < -0.3 is 4.74 Å². The maximum Gasteiger partial charge on any atom is 0.165 e. The van der Waals surface area contributed by atoms with Crippen molar-refractivity contribution in [3.05, 3.63) is 41.7 Å². The molecule has 1 fully saturated rings. The first kappa shape index (κ1) is 14.2. The van der Waals surface area contributed by atoms with Gasteiger partial charge in [0, 0.05) is 13.1 Å². The van der Waals surface area contributed by atoms with Gasteiger partial charge in [0.1, 0.15) is 0 Å². The molecule has 3 rings (SSSR count). The molecule has 0 unspecified atom stereocenters. The molecule has 0 radical (unpaired) electrons. The van der Waals surface area contributed by atoms with Gasteiger partial charge in [-0.15, -0.1) is 5.10 Å². The van der Waals surface area contributed by atoms with Gasteiger partial charge in [-0.3, -0.25) is 4.90 Å². The topological polar surface area (TPSA) is 56.1 Å². The van der Waals surface area contributed by atoms with E-state index in [9.17, 15) is 0 Å². The van der Waals surface area contributed by atoms with Crippen LogP contribution in [0.3, 0.4) is 0 Å². The highest BCUT2D eigenvalue weighted by atomic mass is 16.5. The number of morpholine rings is 1. The first-order chi connectivity index (χ1) is 10.2. The maximum absolute atomic E-state index is 5.76. The second-order valence-corrected chi connectivity index (χ2v) is 5.69. The van der Waals surface area contributed by atoms with Gasteiger partial charge in [0.05, 0.1) is 25.3 Å². The molecular weight excluding hydrogens is 266 g/mol. The minimum absolute atomic E-state index is 0.257. The third kappa shape index (κ3) is 3.65. The molecule has 1 aliphatic rings. The molecule has 1 aromatic heterocycles. The number of benzene rings is 1. The molecule has 1 aromatic carbocycles. The van der Waals surface area contributed by atoms with E-state index in [0.717, 1.165) is 25.5 Å². The first-order valence-corrected chi connectivity index (χ1v) is 7.37. The molecule has 0 spiro atoms. The van der Waals surface area contributed by atoms with Gasteiger partial charge in [-0.1, -0.05) is 30.3 Å². The summed E-state index contributed by atoms with van der Waals surface area (Å²) in [5.41, 5.74) is 1.20. The smallest absolute Gasteiger partial charge is 0.165 e. The van der Waals surface area contributed by atoms with Crippen LogP contribution in [0, 0.1) is 0 Å². The molecule has 2 heterocycles. The van der Waals surface area contributed by atoms with Crippen LogP contribution >= 0.6 is 0 Å². The van der Waals surface area contributed by atoms with Crippen molar-refractivity contribution < 1.29 is 4.74 Å². The van der Waals surface area contributed by atoms with Crippen molar-refractivity contribution in [3.63, 3.8) is 0 Å². The highest BCUT2D eigenvalue weighted by molar-refractivity contribution is 5.14. The van der Waals surface area contributed by atoms with Gasteiger partial charge >= 0.3 is 0 Å². The van der Waals surface area contributed by atoms with E-state index < -0.39 is 0 Å².